The molecule has 2 aliphatic heterocycles. The first-order valence-corrected chi connectivity index (χ1v) is 7.91. The van der Waals surface area contributed by atoms with Crippen molar-refractivity contribution < 1.29 is 19.2 Å². The van der Waals surface area contributed by atoms with Crippen molar-refractivity contribution >= 4 is 5.97 Å². The lowest BCUT2D eigenvalue weighted by molar-refractivity contribution is -0.910. The van der Waals surface area contributed by atoms with Crippen molar-refractivity contribution in [2.45, 2.75) is 51.6 Å². The van der Waals surface area contributed by atoms with Crippen LogP contribution in [-0.2, 0) is 14.3 Å². The number of carbonyl (C=O) groups is 1. The molecule has 110 valence electrons. The van der Waals surface area contributed by atoms with Gasteiger partial charge in [-0.2, -0.15) is 0 Å². The van der Waals surface area contributed by atoms with E-state index in [-0.39, 0.29) is 18.0 Å². The maximum Gasteiger partial charge on any atom is 0.309 e. The summed E-state index contributed by atoms with van der Waals surface area (Å²) in [5.41, 5.74) is 0. The number of cyclic esters (lactones) is 1. The number of esters is 1. The summed E-state index contributed by atoms with van der Waals surface area (Å²) in [4.78, 5) is 13.4. The predicted octanol–water partition coefficient (Wildman–Crippen LogP) is 0.804. The molecule has 19 heavy (non-hydrogen) atoms. The molecule has 0 radical (unpaired) electrons. The fraction of sp³-hybridized carbons (Fsp3) is 0.933. The van der Waals surface area contributed by atoms with Crippen LogP contribution in [0.25, 0.3) is 0 Å². The van der Waals surface area contributed by atoms with E-state index < -0.39 is 0 Å². The van der Waals surface area contributed by atoms with Crippen LogP contribution in [0.1, 0.15) is 45.4 Å². The lowest BCUT2D eigenvalue weighted by Gasteiger charge is -2.25. The molecular formula is C15H28NO3+. The van der Waals surface area contributed by atoms with Gasteiger partial charge in [-0.3, -0.25) is 4.79 Å². The van der Waals surface area contributed by atoms with E-state index in [2.05, 4.69) is 6.92 Å². The van der Waals surface area contributed by atoms with E-state index in [0.717, 1.165) is 45.7 Å². The van der Waals surface area contributed by atoms with Gasteiger partial charge in [-0.05, 0) is 6.42 Å². The number of nitrogens with one attached hydrogen (secondary N) is 1. The van der Waals surface area contributed by atoms with E-state index in [1.165, 1.54) is 30.6 Å². The van der Waals surface area contributed by atoms with Gasteiger partial charge in [0.15, 0.2) is 6.10 Å². The zero-order valence-corrected chi connectivity index (χ0v) is 12.2. The van der Waals surface area contributed by atoms with E-state index in [9.17, 15) is 4.79 Å². The Bertz CT molecular complexity index is 277. The van der Waals surface area contributed by atoms with Crippen molar-refractivity contribution in [3.8, 4) is 0 Å². The zero-order chi connectivity index (χ0) is 13.5. The Morgan fingerprint density at radius 1 is 1.21 bits per heavy atom. The summed E-state index contributed by atoms with van der Waals surface area (Å²) in [6, 6.07) is 0. The minimum absolute atomic E-state index is 0.0501. The standard InChI is InChI=1S/C15H27NO3/c1-2-3-4-5-6-13-11-14(19-15(13)17)12-16-7-9-18-10-8-16/h13-14H,2-12H2,1H3/p+1/t13-,14-/m0/s1. The largest absolute Gasteiger partial charge is 0.456 e. The third-order valence-electron chi connectivity index (χ3n) is 4.29. The Labute approximate surface area is 116 Å². The minimum atomic E-state index is 0.0501. The predicted molar refractivity (Wildman–Crippen MR) is 73.1 cm³/mol. The lowest BCUT2D eigenvalue weighted by atomic mass is 9.97. The van der Waals surface area contributed by atoms with Gasteiger partial charge in [-0.15, -0.1) is 0 Å². The number of ether oxygens (including phenoxy) is 2. The molecule has 0 spiro atoms. The Hall–Kier alpha value is -0.610. The Balaban J connectivity index is 1.66. The van der Waals surface area contributed by atoms with E-state index >= 15 is 0 Å². The number of rotatable bonds is 7. The molecule has 0 amide bonds. The normalized spacial score (nSPS) is 28.6. The quantitative estimate of drug-likeness (QED) is 0.549. The molecule has 2 heterocycles. The summed E-state index contributed by atoms with van der Waals surface area (Å²) in [6.45, 7) is 6.98. The fourth-order valence-electron chi connectivity index (χ4n) is 3.09. The number of morpholine rings is 1. The monoisotopic (exact) mass is 270 g/mol. The van der Waals surface area contributed by atoms with Crippen LogP contribution in [0.4, 0.5) is 0 Å². The van der Waals surface area contributed by atoms with Gasteiger partial charge in [0.1, 0.15) is 19.6 Å². The Kier molecular flexibility index (Phi) is 6.11. The first-order valence-electron chi connectivity index (χ1n) is 7.91. The first-order chi connectivity index (χ1) is 9.29. The molecule has 0 saturated carbocycles. The maximum absolute atomic E-state index is 11.8. The van der Waals surface area contributed by atoms with Crippen molar-refractivity contribution in [1.29, 1.82) is 0 Å². The maximum atomic E-state index is 11.8. The van der Waals surface area contributed by atoms with Crippen molar-refractivity contribution in [3.05, 3.63) is 0 Å². The van der Waals surface area contributed by atoms with Crippen LogP contribution in [0.15, 0.2) is 0 Å². The second-order valence-corrected chi connectivity index (χ2v) is 5.91. The van der Waals surface area contributed by atoms with Crippen LogP contribution in [-0.4, -0.2) is 44.9 Å². The van der Waals surface area contributed by atoms with Crippen molar-refractivity contribution in [2.75, 3.05) is 32.8 Å². The molecule has 0 bridgehead atoms. The number of unbranched alkanes of at least 4 members (excludes halogenated alkanes) is 3. The molecule has 0 aromatic carbocycles. The lowest BCUT2D eigenvalue weighted by Crippen LogP contribution is -3.15. The van der Waals surface area contributed by atoms with Crippen LogP contribution >= 0.6 is 0 Å². The van der Waals surface area contributed by atoms with Gasteiger partial charge in [0.2, 0.25) is 0 Å². The van der Waals surface area contributed by atoms with Gasteiger partial charge in [0, 0.05) is 6.42 Å². The first kappa shape index (κ1) is 14.8. The highest BCUT2D eigenvalue weighted by Gasteiger charge is 2.36. The van der Waals surface area contributed by atoms with E-state index in [4.69, 9.17) is 9.47 Å². The van der Waals surface area contributed by atoms with Gasteiger partial charge in [-0.25, -0.2) is 0 Å². The third-order valence-corrected chi connectivity index (χ3v) is 4.29. The van der Waals surface area contributed by atoms with Crippen LogP contribution in [0.5, 0.6) is 0 Å². The molecule has 4 nitrogen and oxygen atoms in total. The molecule has 1 N–H and O–H groups in total. The summed E-state index contributed by atoms with van der Waals surface area (Å²) < 4.78 is 10.9. The van der Waals surface area contributed by atoms with Gasteiger partial charge in [0.25, 0.3) is 0 Å². The summed E-state index contributed by atoms with van der Waals surface area (Å²) >= 11 is 0. The minimum Gasteiger partial charge on any atom is -0.456 e. The second kappa shape index (κ2) is 7.85. The van der Waals surface area contributed by atoms with Crippen LogP contribution < -0.4 is 4.90 Å². The number of hydrogen-bond acceptors (Lipinski definition) is 3. The van der Waals surface area contributed by atoms with Gasteiger partial charge in [0.05, 0.1) is 19.1 Å². The summed E-state index contributed by atoms with van der Waals surface area (Å²) in [5.74, 6) is 0.219. The molecule has 0 aromatic heterocycles. The molecule has 0 aromatic rings. The molecule has 0 aliphatic carbocycles. The van der Waals surface area contributed by atoms with Gasteiger partial charge >= 0.3 is 5.97 Å². The second-order valence-electron chi connectivity index (χ2n) is 5.91. The fourth-order valence-corrected chi connectivity index (χ4v) is 3.09. The number of carbonyl (C=O) groups excluding carboxylic acids is 1. The van der Waals surface area contributed by atoms with E-state index in [1.807, 2.05) is 0 Å². The topological polar surface area (TPSA) is 40.0 Å². The molecule has 2 atom stereocenters. The third kappa shape index (κ3) is 4.77. The Morgan fingerprint density at radius 3 is 2.74 bits per heavy atom. The smallest absolute Gasteiger partial charge is 0.309 e. The molecular weight excluding hydrogens is 242 g/mol. The molecule has 0 unspecified atom stereocenters. The zero-order valence-electron chi connectivity index (χ0n) is 12.2. The number of quaternary nitrogens is 1. The van der Waals surface area contributed by atoms with Crippen LogP contribution in [0.3, 0.4) is 0 Å². The summed E-state index contributed by atoms with van der Waals surface area (Å²) in [6.07, 6.45) is 7.06. The van der Waals surface area contributed by atoms with Crippen molar-refractivity contribution in [1.82, 2.24) is 0 Å². The molecule has 2 saturated heterocycles. The molecule has 2 rings (SSSR count). The van der Waals surface area contributed by atoms with Gasteiger partial charge < -0.3 is 14.4 Å². The van der Waals surface area contributed by atoms with E-state index in [0.29, 0.717) is 0 Å². The van der Waals surface area contributed by atoms with Crippen LogP contribution in [0, 0.1) is 5.92 Å². The van der Waals surface area contributed by atoms with E-state index in [1.54, 1.807) is 0 Å². The highest BCUT2D eigenvalue weighted by Crippen LogP contribution is 2.25. The Morgan fingerprint density at radius 2 is 2.00 bits per heavy atom. The molecule has 2 aliphatic rings. The highest BCUT2D eigenvalue weighted by molar-refractivity contribution is 5.74. The average molecular weight is 270 g/mol. The average Bonchev–Trinajstić information content (AvgIpc) is 2.76. The molecule has 2 fully saturated rings. The summed E-state index contributed by atoms with van der Waals surface area (Å²) in [5, 5.41) is 0. The SMILES string of the molecule is CCCCCC[C@H]1C[C@@H](C[NH+]2CCOCC2)OC1=O. The van der Waals surface area contributed by atoms with Crippen molar-refractivity contribution in [3.63, 3.8) is 0 Å². The highest BCUT2D eigenvalue weighted by atomic mass is 16.6. The molecule has 4 heteroatoms. The van der Waals surface area contributed by atoms with Crippen molar-refractivity contribution in [2.24, 2.45) is 5.92 Å². The van der Waals surface area contributed by atoms with Crippen LogP contribution in [0.2, 0.25) is 0 Å². The van der Waals surface area contributed by atoms with Gasteiger partial charge in [-0.1, -0.05) is 32.6 Å². The summed E-state index contributed by atoms with van der Waals surface area (Å²) in [7, 11) is 0. The number of hydrogen-bond donors (Lipinski definition) is 1.